The van der Waals surface area contributed by atoms with Gasteiger partial charge >= 0.3 is 42.7 Å². The van der Waals surface area contributed by atoms with E-state index in [-0.39, 0.29) is 71.2 Å². The first-order chi connectivity index (χ1) is 39.4. The van der Waals surface area contributed by atoms with Crippen molar-refractivity contribution in [2.75, 3.05) is 43.6 Å². The Balaban J connectivity index is 0.000000202. The highest BCUT2D eigenvalue weighted by Gasteiger charge is 2.47. The number of nitrogens with one attached hydrogen (secondary N) is 2. The lowest BCUT2D eigenvalue weighted by atomic mass is 10.2. The summed E-state index contributed by atoms with van der Waals surface area (Å²) >= 11 is 0. The lowest BCUT2D eigenvalue weighted by molar-refractivity contribution is -0.0563. The van der Waals surface area contributed by atoms with Gasteiger partial charge in [0.05, 0.1) is 51.3 Å². The van der Waals surface area contributed by atoms with Crippen molar-refractivity contribution in [3.8, 4) is 0 Å². The summed E-state index contributed by atoms with van der Waals surface area (Å²) in [7, 11) is -19.7. The number of hydrogen-bond acceptors (Lipinski definition) is 29. The largest absolute Gasteiger partial charge is 0.472 e. The first kappa shape index (κ1) is 62.6. The molecule has 10 rings (SSSR count). The fourth-order valence-electron chi connectivity index (χ4n) is 9.10. The summed E-state index contributed by atoms with van der Waals surface area (Å²) in [6, 6.07) is 1.37. The van der Waals surface area contributed by atoms with E-state index in [1.807, 2.05) is 0 Å². The Morgan fingerprint density at radius 1 is 0.595 bits per heavy atom. The minimum absolute atomic E-state index is 0.00343. The van der Waals surface area contributed by atoms with Crippen LogP contribution in [0.5, 0.6) is 0 Å². The summed E-state index contributed by atoms with van der Waals surface area (Å²) in [6.45, 7) is -1.27. The van der Waals surface area contributed by atoms with Gasteiger partial charge in [0.25, 0.3) is 11.1 Å². The van der Waals surface area contributed by atoms with Gasteiger partial charge in [0.1, 0.15) is 79.2 Å². The van der Waals surface area contributed by atoms with Gasteiger partial charge in [-0.3, -0.25) is 65.0 Å². The molecule has 460 valence electrons. The highest BCUT2D eigenvalue weighted by Crippen LogP contribution is 2.52. The molecule has 0 amide bonds. The molecule has 4 saturated heterocycles. The molecule has 0 spiro atoms. The number of hydrogen-bond donors (Lipinski definition) is 13. The van der Waals surface area contributed by atoms with Crippen molar-refractivity contribution in [3.05, 3.63) is 84.7 Å². The van der Waals surface area contributed by atoms with Gasteiger partial charge in [0, 0.05) is 43.6 Å². The van der Waals surface area contributed by atoms with Crippen LogP contribution < -0.4 is 39.7 Å². The second-order valence-electron chi connectivity index (χ2n) is 18.9. The van der Waals surface area contributed by atoms with Crippen LogP contribution in [-0.4, -0.2) is 173 Å². The minimum Gasteiger partial charge on any atom is -0.390 e. The van der Waals surface area contributed by atoms with Gasteiger partial charge in [-0.15, -0.1) is 0 Å². The summed E-state index contributed by atoms with van der Waals surface area (Å²) in [6.07, 6.45) is -7.94. The van der Waals surface area contributed by atoms with Crippen LogP contribution in [0.4, 0.5) is 17.6 Å². The number of rotatable bonds is 20. The Kier molecular flexibility index (Phi) is 18.5. The number of nitrogen functional groups attached to an aromatic ring is 3. The summed E-state index contributed by atoms with van der Waals surface area (Å²) in [4.78, 5) is 134. The number of aromatic nitrogens is 12. The molecule has 0 aromatic carbocycles. The number of aryl methyl sites for hydroxylation is 1. The molecule has 4 aliphatic rings. The van der Waals surface area contributed by atoms with E-state index in [0.29, 0.717) is 0 Å². The number of imidazole rings is 2. The molecule has 45 heteroatoms. The lowest BCUT2D eigenvalue weighted by Gasteiger charge is -2.22. The average Bonchev–Trinajstić information content (AvgIpc) is 3.35. The number of aromatic amines is 2. The smallest absolute Gasteiger partial charge is 0.390 e. The predicted octanol–water partition coefficient (Wildman–Crippen LogP) is -3.10. The van der Waals surface area contributed by atoms with Crippen molar-refractivity contribution in [2.45, 2.75) is 106 Å². The van der Waals surface area contributed by atoms with E-state index >= 15 is 0 Å². The molecule has 16 N–H and O–H groups in total. The molecule has 4 unspecified atom stereocenters. The molecule has 4 fully saturated rings. The highest BCUT2D eigenvalue weighted by molar-refractivity contribution is 7.47. The van der Waals surface area contributed by atoms with Crippen molar-refractivity contribution in [3.63, 3.8) is 0 Å². The zero-order valence-corrected chi connectivity index (χ0v) is 46.5. The molecule has 0 bridgehead atoms. The van der Waals surface area contributed by atoms with Gasteiger partial charge in [-0.1, -0.05) is 0 Å². The zero-order chi connectivity index (χ0) is 60.8. The van der Waals surface area contributed by atoms with Gasteiger partial charge in [-0.05, 0) is 13.0 Å². The molecule has 4 aliphatic heterocycles. The fraction of sp³-hybridized carbons (Fsp3) is 0.538. The van der Waals surface area contributed by atoms with Crippen LogP contribution in [0, 0.1) is 6.92 Å². The SMILES string of the molecule is Cc1cn([C@H]2C[C@H](O)[C@@H](COP(=O)(O)O[C@H]3CC(n4cnc5c(=O)[nH]c(N)nc54)O[C@@H]3COP(=O)(O)O)O2)c(=O)[nH]c1=O.Nc1ccn([C@H]2C[C@H](O)[C@@H](COP(=O)(O)O[C@H]3CC(n4cnc5c(N)ncnc54)O[C@@H]3COP(=O)(O)O)O2)c(=O)n1. The van der Waals surface area contributed by atoms with Gasteiger partial charge in [-0.2, -0.15) is 9.97 Å². The van der Waals surface area contributed by atoms with E-state index in [1.165, 1.54) is 53.5 Å². The number of nitrogens with zero attached hydrogens (tertiary/aromatic N) is 10. The van der Waals surface area contributed by atoms with Crippen LogP contribution in [0.25, 0.3) is 22.3 Å². The van der Waals surface area contributed by atoms with Gasteiger partial charge in [0.15, 0.2) is 22.6 Å². The summed E-state index contributed by atoms with van der Waals surface area (Å²) in [5, 5.41) is 20.8. The van der Waals surface area contributed by atoms with Crippen LogP contribution in [0.1, 0.15) is 56.2 Å². The number of H-pyrrole nitrogens is 2. The highest BCUT2D eigenvalue weighted by atomic mass is 31.2. The Morgan fingerprint density at radius 2 is 1.08 bits per heavy atom. The number of anilines is 3. The third-order valence-corrected chi connectivity index (χ3v) is 16.0. The first-order valence-electron chi connectivity index (χ1n) is 24.4. The molecular weight excluding hydrogens is 1220 g/mol. The van der Waals surface area contributed by atoms with E-state index in [9.17, 15) is 57.4 Å². The van der Waals surface area contributed by atoms with Crippen LogP contribution in [0.15, 0.2) is 56.6 Å². The summed E-state index contributed by atoms with van der Waals surface area (Å²) in [5.41, 5.74) is 14.9. The van der Waals surface area contributed by atoms with Gasteiger partial charge in [-0.25, -0.2) is 47.8 Å². The predicted molar refractivity (Wildman–Crippen MR) is 275 cm³/mol. The van der Waals surface area contributed by atoms with Gasteiger partial charge < -0.3 is 75.7 Å². The van der Waals surface area contributed by atoms with Crippen LogP contribution in [0.2, 0.25) is 0 Å². The molecule has 0 aliphatic carbocycles. The first-order valence-corrected chi connectivity index (χ1v) is 30.5. The third kappa shape index (κ3) is 15.0. The molecule has 41 nitrogen and oxygen atoms in total. The van der Waals surface area contributed by atoms with Crippen molar-refractivity contribution in [1.82, 2.24) is 58.1 Å². The van der Waals surface area contributed by atoms with Crippen molar-refractivity contribution < 1.29 is 104 Å². The number of phosphoric acid groups is 4. The van der Waals surface area contributed by atoms with E-state index in [4.69, 9.17) is 73.8 Å². The Morgan fingerprint density at radius 3 is 1.62 bits per heavy atom. The molecular formula is C39H53N15O26P4. The fourth-order valence-corrected chi connectivity index (χ4v) is 11.7. The number of fused-ring (bicyclic) bond motifs is 2. The molecule has 84 heavy (non-hydrogen) atoms. The van der Waals surface area contributed by atoms with Crippen molar-refractivity contribution in [2.24, 2.45) is 0 Å². The van der Waals surface area contributed by atoms with Crippen LogP contribution in [-0.2, 0) is 64.4 Å². The lowest BCUT2D eigenvalue weighted by Crippen LogP contribution is -2.33. The van der Waals surface area contributed by atoms with Gasteiger partial charge in [0.2, 0.25) is 5.95 Å². The summed E-state index contributed by atoms with van der Waals surface area (Å²) < 4.78 is 106. The molecule has 0 saturated carbocycles. The number of phosphoric ester groups is 4. The third-order valence-electron chi connectivity index (χ3n) is 13.0. The van der Waals surface area contributed by atoms with E-state index in [1.54, 1.807) is 0 Å². The minimum atomic E-state index is -4.98. The van der Waals surface area contributed by atoms with E-state index in [2.05, 4.69) is 48.9 Å². The number of aliphatic hydroxyl groups is 2. The quantitative estimate of drug-likeness (QED) is 0.0337. The molecule has 14 atom stereocenters. The Labute approximate surface area is 466 Å². The maximum Gasteiger partial charge on any atom is 0.472 e. The normalized spacial score (nSPS) is 27.9. The monoisotopic (exact) mass is 1270 g/mol. The van der Waals surface area contributed by atoms with Crippen LogP contribution in [0.3, 0.4) is 0 Å². The second kappa shape index (κ2) is 24.8. The van der Waals surface area contributed by atoms with Crippen molar-refractivity contribution in [1.29, 1.82) is 0 Å². The summed E-state index contributed by atoms with van der Waals surface area (Å²) in [5.74, 6) is -0.117. The number of aliphatic hydroxyl groups excluding tert-OH is 2. The zero-order valence-electron chi connectivity index (χ0n) is 43.0. The Bertz CT molecular complexity index is 3830. The maximum atomic E-state index is 12.9. The second-order valence-corrected chi connectivity index (χ2v) is 24.2. The molecule has 6 aromatic rings. The van der Waals surface area contributed by atoms with E-state index in [0.717, 1.165) is 9.13 Å². The van der Waals surface area contributed by atoms with Crippen LogP contribution >= 0.6 is 31.3 Å². The average molecular weight is 1270 g/mol. The Hall–Kier alpha value is -5.94. The van der Waals surface area contributed by atoms with Crippen molar-refractivity contribution >= 4 is 71.2 Å². The number of nitrogens with two attached hydrogens (primary N) is 3. The molecule has 6 aromatic heterocycles. The van der Waals surface area contributed by atoms with E-state index < -0.39 is 154 Å². The number of ether oxygens (including phenoxy) is 4. The molecule has 0 radical (unpaired) electrons. The topological polar surface area (TPSA) is 597 Å². The maximum absolute atomic E-state index is 12.9. The standard InChI is InChI=1S/C20H27N7O14P2.C19H26N8O12P2/c1-8-4-26(20(31)25-17(8)29)13-2-9(28)11(39-13)5-38-43(35,36)41-10-3-14(40-12(10)6-37-42(32,33)34)27-7-22-15-16(27)23-19(21)24-18(15)30;20-13-1-2-26(19(29)25-13)14-3-9(28)11(37-14)5-36-41(33,34)39-10-4-15(38-12(10)6-35-40(30,31)32)27-8-24-16-17(21)22-7-23-18(16)27/h4,7,9-14,28H,2-3,5-6H2,1H3,(H,35,36)(H,25,29,31)(H2,32,33,34)(H3,21,23,24,30);1-2,7-12,14-15,28H,3-6H2,(H,33,34)(H2,20,25,29)(H2,21,22,23)(H2,30,31,32)/t9-,10-,11+,12+,13+,14?;9-,10-,11+,12+,14+,15?/m00/s1. The molecule has 10 heterocycles.